The second kappa shape index (κ2) is 4.20. The molecule has 0 unspecified atom stereocenters. The van der Waals surface area contributed by atoms with Crippen molar-refractivity contribution in [3.63, 3.8) is 0 Å². The molecule has 1 aromatic rings. The lowest BCUT2D eigenvalue weighted by Crippen LogP contribution is -2.23. The molecule has 1 aliphatic rings. The number of hydrogen-bond donors (Lipinski definition) is 1. The number of sulfone groups is 1. The Hall–Kier alpha value is -1.15. The van der Waals surface area contributed by atoms with Gasteiger partial charge in [0.15, 0.2) is 14.9 Å². The first-order valence-electron chi connectivity index (χ1n) is 5.36. The van der Waals surface area contributed by atoms with Gasteiger partial charge in [0, 0.05) is 12.0 Å². The molecule has 2 rings (SSSR count). The quantitative estimate of drug-likeness (QED) is 0.843. The number of hydrogen-bond acceptors (Lipinski definition) is 6. The SMILES string of the molecule is Cc1o[nH]c(=S)c1CS(=O)(=O)C1=NOC(C)(C)C1. The Labute approximate surface area is 110 Å². The van der Waals surface area contributed by atoms with Crippen LogP contribution in [0.4, 0.5) is 0 Å². The van der Waals surface area contributed by atoms with Crippen LogP contribution in [0.1, 0.15) is 31.6 Å². The average molecular weight is 290 g/mol. The first kappa shape index (κ1) is 13.3. The van der Waals surface area contributed by atoms with Gasteiger partial charge in [-0.15, -0.1) is 0 Å². The summed E-state index contributed by atoms with van der Waals surface area (Å²) in [5, 5.41) is 6.18. The lowest BCUT2D eigenvalue weighted by Gasteiger charge is -2.13. The van der Waals surface area contributed by atoms with Gasteiger partial charge in [0.1, 0.15) is 16.0 Å². The smallest absolute Gasteiger partial charge is 0.199 e. The van der Waals surface area contributed by atoms with Crippen molar-refractivity contribution in [3.8, 4) is 0 Å². The summed E-state index contributed by atoms with van der Waals surface area (Å²) in [5.74, 6) is 0.255. The molecule has 1 N–H and O–H groups in total. The second-order valence-electron chi connectivity index (χ2n) is 4.84. The maximum absolute atomic E-state index is 12.2. The molecule has 0 atom stereocenters. The Bertz CT molecular complexity index is 652. The van der Waals surface area contributed by atoms with E-state index in [0.717, 1.165) is 0 Å². The number of nitrogens with one attached hydrogen (secondary N) is 1. The van der Waals surface area contributed by atoms with Crippen LogP contribution >= 0.6 is 12.2 Å². The molecule has 0 fully saturated rings. The van der Waals surface area contributed by atoms with Gasteiger partial charge in [-0.2, -0.15) is 0 Å². The Balaban J connectivity index is 2.27. The molecule has 18 heavy (non-hydrogen) atoms. The van der Waals surface area contributed by atoms with Crippen LogP contribution in [0, 0.1) is 11.6 Å². The summed E-state index contributed by atoms with van der Waals surface area (Å²) in [6.45, 7) is 5.23. The number of oxime groups is 1. The van der Waals surface area contributed by atoms with E-state index in [-0.39, 0.29) is 17.2 Å². The minimum Gasteiger partial charge on any atom is -0.389 e. The number of aromatic amines is 1. The highest BCUT2D eigenvalue weighted by Gasteiger charge is 2.36. The maximum atomic E-state index is 12.2. The van der Waals surface area contributed by atoms with Gasteiger partial charge in [-0.25, -0.2) is 13.6 Å². The molecule has 0 spiro atoms. The Kier molecular flexibility index (Phi) is 3.10. The highest BCUT2D eigenvalue weighted by Crippen LogP contribution is 2.26. The number of aromatic nitrogens is 1. The monoisotopic (exact) mass is 290 g/mol. The van der Waals surface area contributed by atoms with Crippen molar-refractivity contribution in [3.05, 3.63) is 16.0 Å². The van der Waals surface area contributed by atoms with Crippen LogP contribution in [0.5, 0.6) is 0 Å². The molecule has 1 aliphatic heterocycles. The van der Waals surface area contributed by atoms with Crippen LogP contribution in [-0.2, 0) is 20.4 Å². The topological polar surface area (TPSA) is 84.7 Å². The third-order valence-corrected chi connectivity index (χ3v) is 4.60. The number of aryl methyl sites for hydroxylation is 1. The van der Waals surface area contributed by atoms with Crippen LogP contribution < -0.4 is 0 Å². The molecular weight excluding hydrogens is 276 g/mol. The average Bonchev–Trinajstić information content (AvgIpc) is 2.75. The lowest BCUT2D eigenvalue weighted by atomic mass is 10.1. The van der Waals surface area contributed by atoms with Crippen LogP contribution in [0.25, 0.3) is 0 Å². The van der Waals surface area contributed by atoms with Gasteiger partial charge in [-0.05, 0) is 20.8 Å². The van der Waals surface area contributed by atoms with Gasteiger partial charge >= 0.3 is 0 Å². The highest BCUT2D eigenvalue weighted by molar-refractivity contribution is 8.05. The van der Waals surface area contributed by atoms with Gasteiger partial charge in [-0.1, -0.05) is 17.4 Å². The van der Waals surface area contributed by atoms with Crippen molar-refractivity contribution in [1.82, 2.24) is 5.16 Å². The maximum Gasteiger partial charge on any atom is 0.199 e. The minimum atomic E-state index is -3.52. The van der Waals surface area contributed by atoms with E-state index in [1.807, 2.05) is 0 Å². The standard InChI is InChI=1S/C10H14N2O4S2/c1-6-7(9(17)12-15-6)5-18(13,14)8-4-10(2,3)16-11-8/h4-5H2,1-3H3,(H,12,17). The predicted octanol–water partition coefficient (Wildman–Crippen LogP) is 2.07. The van der Waals surface area contributed by atoms with Crippen LogP contribution in [0.3, 0.4) is 0 Å². The molecule has 1 aromatic heterocycles. The van der Waals surface area contributed by atoms with Gasteiger partial charge < -0.3 is 9.36 Å². The number of H-pyrrole nitrogens is 1. The van der Waals surface area contributed by atoms with E-state index >= 15 is 0 Å². The van der Waals surface area contributed by atoms with E-state index in [4.69, 9.17) is 21.6 Å². The van der Waals surface area contributed by atoms with E-state index in [2.05, 4.69) is 10.3 Å². The van der Waals surface area contributed by atoms with Crippen LogP contribution in [0.15, 0.2) is 9.68 Å². The van der Waals surface area contributed by atoms with Gasteiger partial charge in [0.25, 0.3) is 0 Å². The molecule has 6 nitrogen and oxygen atoms in total. The summed E-state index contributed by atoms with van der Waals surface area (Å²) in [5.41, 5.74) is -0.103. The van der Waals surface area contributed by atoms with Crippen molar-refractivity contribution in [2.45, 2.75) is 38.5 Å². The zero-order valence-electron chi connectivity index (χ0n) is 10.3. The fourth-order valence-electron chi connectivity index (χ4n) is 1.62. The molecule has 0 saturated carbocycles. The minimum absolute atomic E-state index is 0.0579. The molecule has 0 bridgehead atoms. The zero-order valence-corrected chi connectivity index (χ0v) is 11.9. The van der Waals surface area contributed by atoms with E-state index in [0.29, 0.717) is 16.0 Å². The van der Waals surface area contributed by atoms with Gasteiger partial charge in [0.2, 0.25) is 0 Å². The van der Waals surface area contributed by atoms with Gasteiger partial charge in [0.05, 0.1) is 5.75 Å². The Morgan fingerprint density at radius 2 is 2.17 bits per heavy atom. The van der Waals surface area contributed by atoms with Gasteiger partial charge in [-0.3, -0.25) is 0 Å². The number of nitrogens with zero attached hydrogens (tertiary/aromatic N) is 1. The van der Waals surface area contributed by atoms with Crippen molar-refractivity contribution in [2.75, 3.05) is 0 Å². The van der Waals surface area contributed by atoms with E-state index in [9.17, 15) is 8.42 Å². The van der Waals surface area contributed by atoms with Crippen molar-refractivity contribution in [1.29, 1.82) is 0 Å². The van der Waals surface area contributed by atoms with Crippen molar-refractivity contribution < 1.29 is 17.8 Å². The van der Waals surface area contributed by atoms with Crippen LogP contribution in [0.2, 0.25) is 0 Å². The summed E-state index contributed by atoms with van der Waals surface area (Å²) >= 11 is 4.98. The third kappa shape index (κ3) is 2.49. The van der Waals surface area contributed by atoms with E-state index < -0.39 is 15.4 Å². The van der Waals surface area contributed by atoms with Crippen molar-refractivity contribution in [2.24, 2.45) is 5.16 Å². The molecule has 100 valence electrons. The molecule has 0 aromatic carbocycles. The van der Waals surface area contributed by atoms with Crippen LogP contribution in [-0.4, -0.2) is 24.2 Å². The molecule has 8 heteroatoms. The van der Waals surface area contributed by atoms with E-state index in [1.54, 1.807) is 20.8 Å². The Morgan fingerprint density at radius 1 is 1.50 bits per heavy atom. The first-order valence-corrected chi connectivity index (χ1v) is 7.42. The largest absolute Gasteiger partial charge is 0.389 e. The fourth-order valence-corrected chi connectivity index (χ4v) is 3.58. The summed E-state index contributed by atoms with van der Waals surface area (Å²) in [6.07, 6.45) is 0.267. The zero-order chi connectivity index (χ0) is 13.6. The summed E-state index contributed by atoms with van der Waals surface area (Å²) < 4.78 is 29.6. The number of rotatable bonds is 2. The predicted molar refractivity (Wildman–Crippen MR) is 68.5 cm³/mol. The molecule has 0 saturated heterocycles. The van der Waals surface area contributed by atoms with Crippen molar-refractivity contribution >= 4 is 27.1 Å². The first-order chi connectivity index (χ1) is 8.21. The molecule has 0 amide bonds. The van der Waals surface area contributed by atoms with E-state index in [1.165, 1.54) is 0 Å². The second-order valence-corrected chi connectivity index (χ2v) is 7.24. The molecule has 2 heterocycles. The Morgan fingerprint density at radius 3 is 2.61 bits per heavy atom. The molecule has 0 aliphatic carbocycles. The lowest BCUT2D eigenvalue weighted by molar-refractivity contribution is 0.0123. The summed E-state index contributed by atoms with van der Waals surface area (Å²) in [7, 11) is -3.52. The third-order valence-electron chi connectivity index (χ3n) is 2.66. The summed E-state index contributed by atoms with van der Waals surface area (Å²) in [4.78, 5) is 5.07. The molecule has 0 radical (unpaired) electrons. The normalized spacial score (nSPS) is 18.5. The molecular formula is C10H14N2O4S2. The highest BCUT2D eigenvalue weighted by atomic mass is 32.2. The summed E-state index contributed by atoms with van der Waals surface area (Å²) in [6, 6.07) is 0. The fraction of sp³-hybridized carbons (Fsp3) is 0.600.